The molecule has 0 spiro atoms. The monoisotopic (exact) mass is 295 g/mol. The molecule has 1 aromatic carbocycles. The van der Waals surface area contributed by atoms with Crippen LogP contribution in [0.1, 0.15) is 12.8 Å². The number of anilines is 1. The van der Waals surface area contributed by atoms with Crippen molar-refractivity contribution in [2.75, 3.05) is 18.4 Å². The van der Waals surface area contributed by atoms with E-state index in [0.717, 1.165) is 24.2 Å². The number of nitrogens with one attached hydrogen (secondary N) is 1. The molecule has 1 saturated heterocycles. The van der Waals surface area contributed by atoms with Gasteiger partial charge in [-0.15, -0.1) is 0 Å². The molecule has 22 heavy (non-hydrogen) atoms. The van der Waals surface area contributed by atoms with Gasteiger partial charge in [-0.3, -0.25) is 0 Å². The smallest absolute Gasteiger partial charge is 0.321 e. The minimum atomic E-state index is -0.146. The number of carbonyl (C=O) groups is 1. The van der Waals surface area contributed by atoms with Crippen LogP contribution in [-0.2, 0) is 0 Å². The molecule has 2 aromatic rings. The molecule has 1 aromatic heterocycles. The Morgan fingerprint density at radius 3 is 2.86 bits per heavy atom. The lowest BCUT2D eigenvalue weighted by Gasteiger charge is -2.29. The minimum absolute atomic E-state index is 0.0540. The van der Waals surface area contributed by atoms with E-state index in [4.69, 9.17) is 5.26 Å². The third kappa shape index (κ3) is 3.09. The summed E-state index contributed by atoms with van der Waals surface area (Å²) in [6, 6.07) is 11.5. The summed E-state index contributed by atoms with van der Waals surface area (Å²) >= 11 is 0. The predicted octanol–water partition coefficient (Wildman–Crippen LogP) is 2.64. The Hall–Kier alpha value is -2.81. The molecule has 0 unspecified atom stereocenters. The van der Waals surface area contributed by atoms with Gasteiger partial charge in [-0.1, -0.05) is 0 Å². The van der Waals surface area contributed by atoms with Gasteiger partial charge < -0.3 is 10.2 Å². The van der Waals surface area contributed by atoms with Crippen LogP contribution < -0.4 is 5.32 Å². The number of likely N-dealkylation sites (tertiary alicyclic amines) is 1. The maximum Gasteiger partial charge on any atom is 0.321 e. The molecule has 0 bridgehead atoms. The number of urea groups is 1. The van der Waals surface area contributed by atoms with Gasteiger partial charge in [0.2, 0.25) is 0 Å². The second-order valence-electron chi connectivity index (χ2n) is 5.34. The number of hydrogen-bond donors (Lipinski definition) is 1. The molecule has 6 heteroatoms. The van der Waals surface area contributed by atoms with E-state index in [9.17, 15) is 4.79 Å². The van der Waals surface area contributed by atoms with E-state index < -0.39 is 0 Å². The van der Waals surface area contributed by atoms with Gasteiger partial charge in [-0.05, 0) is 43.2 Å². The Morgan fingerprint density at radius 1 is 1.36 bits per heavy atom. The van der Waals surface area contributed by atoms with Gasteiger partial charge in [0.05, 0.1) is 17.7 Å². The Morgan fingerprint density at radius 2 is 2.18 bits per heavy atom. The summed E-state index contributed by atoms with van der Waals surface area (Å²) in [6.45, 7) is 1.21. The van der Waals surface area contributed by atoms with Crippen LogP contribution in [0.15, 0.2) is 42.7 Å². The third-order valence-electron chi connectivity index (χ3n) is 3.78. The highest BCUT2D eigenvalue weighted by atomic mass is 16.2. The Balaban J connectivity index is 1.63. The van der Waals surface area contributed by atoms with Crippen molar-refractivity contribution in [3.8, 4) is 11.8 Å². The van der Waals surface area contributed by atoms with Gasteiger partial charge in [0, 0.05) is 31.2 Å². The molecule has 0 saturated carbocycles. The highest BCUT2D eigenvalue weighted by molar-refractivity contribution is 5.89. The fraction of sp³-hybridized carbons (Fsp3) is 0.312. The maximum absolute atomic E-state index is 12.2. The molecule has 112 valence electrons. The fourth-order valence-electron chi connectivity index (χ4n) is 2.59. The zero-order valence-electron chi connectivity index (χ0n) is 12.1. The number of carbonyl (C=O) groups excluding carboxylic acids is 1. The van der Waals surface area contributed by atoms with Crippen LogP contribution in [0.4, 0.5) is 10.5 Å². The van der Waals surface area contributed by atoms with Gasteiger partial charge >= 0.3 is 6.03 Å². The molecule has 1 N–H and O–H groups in total. The number of rotatable bonds is 2. The van der Waals surface area contributed by atoms with E-state index in [2.05, 4.69) is 16.5 Å². The van der Waals surface area contributed by atoms with Crippen molar-refractivity contribution in [3.05, 3.63) is 42.7 Å². The zero-order valence-corrected chi connectivity index (χ0v) is 12.1. The Labute approximate surface area is 129 Å². The van der Waals surface area contributed by atoms with Crippen molar-refractivity contribution in [2.45, 2.75) is 12.8 Å². The van der Waals surface area contributed by atoms with Crippen molar-refractivity contribution < 1.29 is 4.79 Å². The third-order valence-corrected chi connectivity index (χ3v) is 3.78. The van der Waals surface area contributed by atoms with Crippen molar-refractivity contribution >= 4 is 11.7 Å². The molecular formula is C16H17N5O. The molecule has 3 rings (SSSR count). The van der Waals surface area contributed by atoms with Crippen LogP contribution in [0.2, 0.25) is 0 Å². The Kier molecular flexibility index (Phi) is 4.05. The molecule has 1 fully saturated rings. The number of piperidine rings is 1. The predicted molar refractivity (Wildman–Crippen MR) is 82.5 cm³/mol. The molecule has 0 aliphatic carbocycles. The maximum atomic E-state index is 12.2. The van der Waals surface area contributed by atoms with Crippen molar-refractivity contribution in [1.82, 2.24) is 14.7 Å². The topological polar surface area (TPSA) is 74.0 Å². The Bertz CT molecular complexity index is 672. The van der Waals surface area contributed by atoms with Crippen LogP contribution in [-0.4, -0.2) is 33.8 Å². The quantitative estimate of drug-likeness (QED) is 0.925. The largest absolute Gasteiger partial charge is 0.323 e. The summed E-state index contributed by atoms with van der Waals surface area (Å²) in [5, 5.41) is 16.0. The first kappa shape index (κ1) is 14.1. The van der Waals surface area contributed by atoms with Crippen molar-refractivity contribution in [1.29, 1.82) is 5.26 Å². The van der Waals surface area contributed by atoms with E-state index in [0.29, 0.717) is 13.1 Å². The van der Waals surface area contributed by atoms with E-state index >= 15 is 0 Å². The van der Waals surface area contributed by atoms with Gasteiger partial charge in [-0.2, -0.15) is 10.4 Å². The van der Waals surface area contributed by atoms with Crippen molar-refractivity contribution in [3.63, 3.8) is 0 Å². The lowest BCUT2D eigenvalue weighted by atomic mass is 10.0. The van der Waals surface area contributed by atoms with Crippen LogP contribution in [0.3, 0.4) is 0 Å². The summed E-state index contributed by atoms with van der Waals surface area (Å²) in [6.07, 6.45) is 5.34. The second kappa shape index (κ2) is 6.31. The average molecular weight is 295 g/mol. The standard InChI is InChI=1S/C16H17N5O/c17-11-13-3-1-9-20(12-13)16(22)19-14-4-6-15(7-5-14)21-10-2-8-18-21/h2,4-8,10,13H,1,3,9,12H2,(H,19,22)/t13-/m0/s1. The van der Waals surface area contributed by atoms with Gasteiger partial charge in [-0.25, -0.2) is 9.48 Å². The average Bonchev–Trinajstić information content (AvgIpc) is 3.10. The number of nitriles is 1. The number of amides is 2. The first-order valence-corrected chi connectivity index (χ1v) is 7.32. The summed E-state index contributed by atoms with van der Waals surface area (Å²) < 4.78 is 1.76. The number of nitrogens with zero attached hydrogens (tertiary/aromatic N) is 4. The van der Waals surface area contributed by atoms with E-state index in [1.54, 1.807) is 15.8 Å². The molecular weight excluding hydrogens is 278 g/mol. The summed E-state index contributed by atoms with van der Waals surface area (Å²) in [5.74, 6) is -0.0540. The molecule has 2 amide bonds. The summed E-state index contributed by atoms with van der Waals surface area (Å²) in [5.41, 5.74) is 1.67. The van der Waals surface area contributed by atoms with Gasteiger partial charge in [0.1, 0.15) is 0 Å². The van der Waals surface area contributed by atoms with Crippen LogP contribution in [0, 0.1) is 17.2 Å². The van der Waals surface area contributed by atoms with Crippen LogP contribution in [0.5, 0.6) is 0 Å². The van der Waals surface area contributed by atoms with Crippen LogP contribution >= 0.6 is 0 Å². The number of benzene rings is 1. The van der Waals surface area contributed by atoms with Gasteiger partial charge in [0.25, 0.3) is 0 Å². The zero-order chi connectivity index (χ0) is 15.4. The highest BCUT2D eigenvalue weighted by Gasteiger charge is 2.23. The molecule has 1 aliphatic heterocycles. The lowest BCUT2D eigenvalue weighted by Crippen LogP contribution is -2.42. The first-order valence-electron chi connectivity index (χ1n) is 7.32. The normalized spacial score (nSPS) is 17.8. The molecule has 0 radical (unpaired) electrons. The van der Waals surface area contributed by atoms with E-state index in [1.165, 1.54) is 0 Å². The molecule has 1 atom stereocenters. The van der Waals surface area contributed by atoms with Crippen molar-refractivity contribution in [2.24, 2.45) is 5.92 Å². The van der Waals surface area contributed by atoms with E-state index in [1.807, 2.05) is 36.5 Å². The first-order chi connectivity index (χ1) is 10.8. The second-order valence-corrected chi connectivity index (χ2v) is 5.34. The molecule has 6 nitrogen and oxygen atoms in total. The highest BCUT2D eigenvalue weighted by Crippen LogP contribution is 2.18. The fourth-order valence-corrected chi connectivity index (χ4v) is 2.59. The lowest BCUT2D eigenvalue weighted by molar-refractivity contribution is 0.189. The number of hydrogen-bond acceptors (Lipinski definition) is 3. The number of aromatic nitrogens is 2. The SMILES string of the molecule is N#C[C@@H]1CCCN(C(=O)Nc2ccc(-n3cccn3)cc2)C1. The minimum Gasteiger partial charge on any atom is -0.323 e. The summed E-state index contributed by atoms with van der Waals surface area (Å²) in [7, 11) is 0. The van der Waals surface area contributed by atoms with Crippen LogP contribution in [0.25, 0.3) is 5.69 Å². The molecule has 1 aliphatic rings. The van der Waals surface area contributed by atoms with E-state index in [-0.39, 0.29) is 11.9 Å². The molecule has 2 heterocycles. The van der Waals surface area contributed by atoms with Gasteiger partial charge in [0.15, 0.2) is 0 Å². The summed E-state index contributed by atoms with van der Waals surface area (Å²) in [4.78, 5) is 13.9.